The predicted octanol–water partition coefficient (Wildman–Crippen LogP) is 3.82. The molecule has 0 aliphatic carbocycles. The van der Waals surface area contributed by atoms with E-state index in [0.29, 0.717) is 24.6 Å². The average Bonchev–Trinajstić information content (AvgIpc) is 3.35. The van der Waals surface area contributed by atoms with Crippen LogP contribution in [0.1, 0.15) is 59.1 Å². The number of nitrogens with zero attached hydrogens (tertiary/aromatic N) is 1. The van der Waals surface area contributed by atoms with E-state index < -0.39 is 0 Å². The number of amides is 2. The Hall–Kier alpha value is -2.86. The quantitative estimate of drug-likeness (QED) is 0.732. The molecular formula is C24H29N3O3. The fourth-order valence-corrected chi connectivity index (χ4v) is 4.03. The fourth-order valence-electron chi connectivity index (χ4n) is 4.03. The molecule has 2 aliphatic heterocycles. The second-order valence-electron chi connectivity index (χ2n) is 8.41. The smallest absolute Gasteiger partial charge is 0.256 e. The third kappa shape index (κ3) is 4.33. The van der Waals surface area contributed by atoms with Gasteiger partial charge in [-0.3, -0.25) is 9.59 Å². The lowest BCUT2D eigenvalue weighted by molar-refractivity contribution is 0.0488. The van der Waals surface area contributed by atoms with Crippen LogP contribution in [-0.4, -0.2) is 42.5 Å². The van der Waals surface area contributed by atoms with Crippen LogP contribution in [0.15, 0.2) is 48.5 Å². The van der Waals surface area contributed by atoms with E-state index in [2.05, 4.69) is 24.5 Å². The van der Waals surface area contributed by atoms with E-state index in [9.17, 15) is 9.59 Å². The Kier molecular flexibility index (Phi) is 6.04. The van der Waals surface area contributed by atoms with Gasteiger partial charge in [0.2, 0.25) is 0 Å². The van der Waals surface area contributed by atoms with E-state index in [4.69, 9.17) is 4.74 Å². The first kappa shape index (κ1) is 20.4. The standard InChI is InChI=1S/C24H29N3O3/c1-16(2)14-25-23(28)17-7-5-8-18(13-17)26-22-20-10-3-4-11-21(20)24(29)27(22)15-19-9-6-12-30-19/h3-5,7-8,10-11,13,16,19,22,26H,6,9,12,14-15H2,1-2H3,(H,25,28)/t19-,22-/m0/s1. The molecule has 0 radical (unpaired) electrons. The molecular weight excluding hydrogens is 378 g/mol. The number of carbonyl (C=O) groups excluding carboxylic acids is 2. The summed E-state index contributed by atoms with van der Waals surface area (Å²) in [6, 6.07) is 15.1. The minimum atomic E-state index is -0.285. The average molecular weight is 408 g/mol. The second kappa shape index (κ2) is 8.88. The molecule has 0 saturated carbocycles. The van der Waals surface area contributed by atoms with E-state index in [1.54, 1.807) is 6.07 Å². The summed E-state index contributed by atoms with van der Waals surface area (Å²) in [5, 5.41) is 6.43. The summed E-state index contributed by atoms with van der Waals surface area (Å²) in [6.45, 7) is 6.08. The highest BCUT2D eigenvalue weighted by Crippen LogP contribution is 2.35. The molecule has 0 bridgehead atoms. The van der Waals surface area contributed by atoms with E-state index in [-0.39, 0.29) is 24.1 Å². The molecule has 2 N–H and O–H groups in total. The Morgan fingerprint density at radius 1 is 1.20 bits per heavy atom. The molecule has 2 atom stereocenters. The maximum Gasteiger partial charge on any atom is 0.256 e. The van der Waals surface area contributed by atoms with Crippen LogP contribution in [-0.2, 0) is 4.74 Å². The summed E-state index contributed by atoms with van der Waals surface area (Å²) in [7, 11) is 0. The van der Waals surface area contributed by atoms with Crippen molar-refractivity contribution in [2.45, 2.75) is 39.0 Å². The molecule has 6 nitrogen and oxygen atoms in total. The number of ether oxygens (including phenoxy) is 1. The van der Waals surface area contributed by atoms with Gasteiger partial charge in [0.05, 0.1) is 6.10 Å². The van der Waals surface area contributed by atoms with Crippen molar-refractivity contribution in [1.82, 2.24) is 10.2 Å². The van der Waals surface area contributed by atoms with Gasteiger partial charge in [-0.05, 0) is 43.0 Å². The molecule has 0 aromatic heterocycles. The maximum absolute atomic E-state index is 13.1. The van der Waals surface area contributed by atoms with Crippen molar-refractivity contribution in [2.75, 3.05) is 25.0 Å². The van der Waals surface area contributed by atoms with Crippen molar-refractivity contribution in [3.8, 4) is 0 Å². The Bertz CT molecular complexity index is 921. The van der Waals surface area contributed by atoms with Gasteiger partial charge in [-0.2, -0.15) is 0 Å². The van der Waals surface area contributed by atoms with Crippen molar-refractivity contribution in [3.05, 3.63) is 65.2 Å². The van der Waals surface area contributed by atoms with Crippen LogP contribution in [0.2, 0.25) is 0 Å². The highest BCUT2D eigenvalue weighted by molar-refractivity contribution is 5.99. The first-order valence-electron chi connectivity index (χ1n) is 10.7. The second-order valence-corrected chi connectivity index (χ2v) is 8.41. The van der Waals surface area contributed by atoms with Gasteiger partial charge in [0.15, 0.2) is 0 Å². The minimum Gasteiger partial charge on any atom is -0.376 e. The number of hydrogen-bond donors (Lipinski definition) is 2. The number of hydrogen-bond acceptors (Lipinski definition) is 4. The SMILES string of the molecule is CC(C)CNC(=O)c1cccc(N[C@@H]2c3ccccc3C(=O)N2C[C@@H]2CCCO2)c1. The van der Waals surface area contributed by atoms with Gasteiger partial charge < -0.3 is 20.3 Å². The lowest BCUT2D eigenvalue weighted by atomic mass is 10.1. The van der Waals surface area contributed by atoms with E-state index in [0.717, 1.165) is 36.3 Å². The Labute approximate surface area is 177 Å². The van der Waals surface area contributed by atoms with E-state index in [1.807, 2.05) is 47.4 Å². The van der Waals surface area contributed by atoms with Gasteiger partial charge in [-0.25, -0.2) is 0 Å². The van der Waals surface area contributed by atoms with Gasteiger partial charge in [-0.15, -0.1) is 0 Å². The van der Waals surface area contributed by atoms with Gasteiger partial charge in [-0.1, -0.05) is 38.1 Å². The van der Waals surface area contributed by atoms with Crippen LogP contribution >= 0.6 is 0 Å². The highest BCUT2D eigenvalue weighted by atomic mass is 16.5. The molecule has 0 unspecified atom stereocenters. The van der Waals surface area contributed by atoms with E-state index in [1.165, 1.54) is 0 Å². The van der Waals surface area contributed by atoms with Crippen LogP contribution in [0.3, 0.4) is 0 Å². The Morgan fingerprint density at radius 3 is 2.80 bits per heavy atom. The topological polar surface area (TPSA) is 70.7 Å². The summed E-state index contributed by atoms with van der Waals surface area (Å²) in [4.78, 5) is 27.4. The molecule has 158 valence electrons. The van der Waals surface area contributed by atoms with E-state index >= 15 is 0 Å². The maximum atomic E-state index is 13.1. The number of anilines is 1. The van der Waals surface area contributed by atoms with Crippen LogP contribution in [0.25, 0.3) is 0 Å². The first-order valence-corrected chi connectivity index (χ1v) is 10.7. The molecule has 2 amide bonds. The minimum absolute atomic E-state index is 0.0180. The summed E-state index contributed by atoms with van der Waals surface area (Å²) in [6.07, 6.45) is 1.79. The van der Waals surface area contributed by atoms with Crippen LogP contribution in [0.4, 0.5) is 5.69 Å². The van der Waals surface area contributed by atoms with Crippen molar-refractivity contribution in [2.24, 2.45) is 5.92 Å². The number of fused-ring (bicyclic) bond motifs is 1. The van der Waals surface area contributed by atoms with Gasteiger partial charge in [0.25, 0.3) is 11.8 Å². The zero-order valence-electron chi connectivity index (χ0n) is 17.6. The van der Waals surface area contributed by atoms with Crippen LogP contribution in [0, 0.1) is 5.92 Å². The molecule has 30 heavy (non-hydrogen) atoms. The highest BCUT2D eigenvalue weighted by Gasteiger charge is 2.38. The zero-order valence-corrected chi connectivity index (χ0v) is 17.6. The van der Waals surface area contributed by atoms with Gasteiger partial charge >= 0.3 is 0 Å². The van der Waals surface area contributed by atoms with Gasteiger partial charge in [0, 0.05) is 42.1 Å². The van der Waals surface area contributed by atoms with Crippen LogP contribution in [0.5, 0.6) is 0 Å². The number of benzene rings is 2. The molecule has 1 saturated heterocycles. The normalized spacial score (nSPS) is 20.5. The lowest BCUT2D eigenvalue weighted by Crippen LogP contribution is -2.38. The number of nitrogens with one attached hydrogen (secondary N) is 2. The van der Waals surface area contributed by atoms with Crippen molar-refractivity contribution in [1.29, 1.82) is 0 Å². The summed E-state index contributed by atoms with van der Waals surface area (Å²) < 4.78 is 5.78. The van der Waals surface area contributed by atoms with Crippen molar-refractivity contribution < 1.29 is 14.3 Å². The Balaban J connectivity index is 1.56. The molecule has 1 fully saturated rings. The lowest BCUT2D eigenvalue weighted by Gasteiger charge is -2.29. The zero-order chi connectivity index (χ0) is 21.1. The first-order chi connectivity index (χ1) is 14.5. The molecule has 2 aromatic carbocycles. The van der Waals surface area contributed by atoms with Crippen LogP contribution < -0.4 is 10.6 Å². The third-order valence-corrected chi connectivity index (χ3v) is 5.58. The number of carbonyl (C=O) groups is 2. The summed E-state index contributed by atoms with van der Waals surface area (Å²) in [5.74, 6) is 0.318. The largest absolute Gasteiger partial charge is 0.376 e. The third-order valence-electron chi connectivity index (χ3n) is 5.58. The number of rotatable bonds is 7. The fraction of sp³-hybridized carbons (Fsp3) is 0.417. The monoisotopic (exact) mass is 407 g/mol. The molecule has 2 aliphatic rings. The molecule has 4 rings (SSSR count). The molecule has 6 heteroatoms. The molecule has 2 heterocycles. The molecule has 2 aromatic rings. The predicted molar refractivity (Wildman–Crippen MR) is 116 cm³/mol. The Morgan fingerprint density at radius 2 is 2.03 bits per heavy atom. The van der Waals surface area contributed by atoms with Crippen molar-refractivity contribution >= 4 is 17.5 Å². The van der Waals surface area contributed by atoms with Gasteiger partial charge in [0.1, 0.15) is 6.17 Å². The summed E-state index contributed by atoms with van der Waals surface area (Å²) in [5.41, 5.74) is 3.08. The molecule has 0 spiro atoms. The summed E-state index contributed by atoms with van der Waals surface area (Å²) >= 11 is 0. The van der Waals surface area contributed by atoms with Crippen molar-refractivity contribution in [3.63, 3.8) is 0 Å².